The van der Waals surface area contributed by atoms with Crippen molar-refractivity contribution in [1.29, 1.82) is 0 Å². The molecule has 8 heteroatoms. The lowest BCUT2D eigenvalue weighted by atomic mass is 10.1. The van der Waals surface area contributed by atoms with Gasteiger partial charge in [-0.2, -0.15) is 0 Å². The van der Waals surface area contributed by atoms with Crippen molar-refractivity contribution < 1.29 is 18.9 Å². The van der Waals surface area contributed by atoms with Gasteiger partial charge in [0, 0.05) is 12.1 Å². The minimum atomic E-state index is -0.812. The van der Waals surface area contributed by atoms with Gasteiger partial charge < -0.3 is 9.15 Å². The largest absolute Gasteiger partial charge is 0.422 e. The quantitative estimate of drug-likeness (QED) is 0.251. The molecule has 0 aliphatic carbocycles. The number of halogens is 1. The molecule has 0 fully saturated rings. The number of benzene rings is 2. The van der Waals surface area contributed by atoms with Gasteiger partial charge in [-0.15, -0.1) is 0 Å². The molecule has 3 aromatic rings. The monoisotopic (exact) mass is 401 g/mol. The zero-order chi connectivity index (χ0) is 20.3. The van der Waals surface area contributed by atoms with Gasteiger partial charge in [-0.05, 0) is 31.0 Å². The fraction of sp³-hybridized carbons (Fsp3) is 0.200. The van der Waals surface area contributed by atoms with E-state index in [1.165, 1.54) is 6.07 Å². The summed E-state index contributed by atoms with van der Waals surface area (Å²) in [6.45, 7) is 1.98. The lowest BCUT2D eigenvalue weighted by molar-refractivity contribution is -0.384. The van der Waals surface area contributed by atoms with E-state index >= 15 is 0 Å². The molecule has 0 aliphatic rings. The average Bonchev–Trinajstić information content (AvgIpc) is 2.67. The summed E-state index contributed by atoms with van der Waals surface area (Å²) in [5, 5.41) is 11.2. The van der Waals surface area contributed by atoms with Crippen LogP contribution in [0.15, 0.2) is 51.7 Å². The molecule has 2 aromatic carbocycles. The van der Waals surface area contributed by atoms with Crippen LogP contribution in [0.25, 0.3) is 11.0 Å². The van der Waals surface area contributed by atoms with Gasteiger partial charge in [0.2, 0.25) is 0 Å². The van der Waals surface area contributed by atoms with Gasteiger partial charge >= 0.3 is 11.6 Å². The Labute approximate surface area is 164 Å². The van der Waals surface area contributed by atoms with E-state index in [1.54, 1.807) is 24.3 Å². The highest BCUT2D eigenvalue weighted by Crippen LogP contribution is 2.31. The number of nitro groups is 1. The van der Waals surface area contributed by atoms with E-state index < -0.39 is 16.5 Å². The van der Waals surface area contributed by atoms with Gasteiger partial charge in [0.1, 0.15) is 5.58 Å². The fourth-order valence-corrected chi connectivity index (χ4v) is 3.03. The number of esters is 1. The molecule has 0 aliphatic heterocycles. The van der Waals surface area contributed by atoms with Crippen LogP contribution in [0.2, 0.25) is 5.02 Å². The first-order valence-corrected chi connectivity index (χ1v) is 9.01. The summed E-state index contributed by atoms with van der Waals surface area (Å²) in [6.07, 6.45) is 1.94. The Morgan fingerprint density at radius 2 is 2.00 bits per heavy atom. The van der Waals surface area contributed by atoms with Crippen LogP contribution in [0.1, 0.15) is 35.7 Å². The van der Waals surface area contributed by atoms with E-state index in [2.05, 4.69) is 0 Å². The van der Waals surface area contributed by atoms with E-state index in [9.17, 15) is 19.7 Å². The van der Waals surface area contributed by atoms with Crippen LogP contribution >= 0.6 is 11.6 Å². The maximum atomic E-state index is 12.7. The number of fused-ring (bicyclic) bond motifs is 1. The van der Waals surface area contributed by atoms with Gasteiger partial charge in [-0.1, -0.05) is 37.1 Å². The number of hydrogen-bond acceptors (Lipinski definition) is 6. The van der Waals surface area contributed by atoms with Crippen molar-refractivity contribution >= 4 is 34.2 Å². The van der Waals surface area contributed by atoms with E-state index in [4.69, 9.17) is 20.8 Å². The second-order valence-electron chi connectivity index (χ2n) is 6.11. The highest BCUT2D eigenvalue weighted by Gasteiger charge is 2.22. The molecular weight excluding hydrogens is 386 g/mol. The first-order valence-electron chi connectivity index (χ1n) is 8.63. The summed E-state index contributed by atoms with van der Waals surface area (Å²) < 4.78 is 10.9. The number of para-hydroxylation sites is 1. The van der Waals surface area contributed by atoms with Gasteiger partial charge in [-0.3, -0.25) is 10.1 Å². The third-order valence-corrected chi connectivity index (χ3v) is 4.53. The molecule has 144 valence electrons. The molecule has 28 heavy (non-hydrogen) atoms. The van der Waals surface area contributed by atoms with Crippen LogP contribution in [0.5, 0.6) is 5.75 Å². The summed E-state index contributed by atoms with van der Waals surface area (Å²) in [6, 6.07) is 10.2. The molecule has 0 spiro atoms. The second-order valence-corrected chi connectivity index (χ2v) is 6.51. The van der Waals surface area contributed by atoms with Crippen LogP contribution in [-0.4, -0.2) is 10.9 Å². The SMILES string of the molecule is CCCCc1c(OC(=O)c2ccc([N+](=O)[O-])cc2Cl)c2ccccc2oc1=O. The third kappa shape index (κ3) is 3.89. The zero-order valence-electron chi connectivity index (χ0n) is 14.9. The van der Waals surface area contributed by atoms with Crippen molar-refractivity contribution in [2.24, 2.45) is 0 Å². The number of nitro benzene ring substituents is 1. The molecule has 7 nitrogen and oxygen atoms in total. The van der Waals surface area contributed by atoms with Crippen molar-refractivity contribution in [2.45, 2.75) is 26.2 Å². The predicted octanol–water partition coefficient (Wildman–Crippen LogP) is 4.92. The van der Waals surface area contributed by atoms with Crippen molar-refractivity contribution in [2.75, 3.05) is 0 Å². The molecule has 0 unspecified atom stereocenters. The van der Waals surface area contributed by atoms with Crippen molar-refractivity contribution in [3.05, 3.63) is 79.1 Å². The lowest BCUT2D eigenvalue weighted by Gasteiger charge is -2.12. The van der Waals surface area contributed by atoms with E-state index in [0.29, 0.717) is 23.8 Å². The number of hydrogen-bond donors (Lipinski definition) is 0. The standard InChI is InChI=1S/C20H16ClNO6/c1-2-3-6-15-18(14-7-4-5-8-17(14)27-20(15)24)28-19(23)13-10-9-12(22(25)26)11-16(13)21/h4-5,7-11H,2-3,6H2,1H3. The molecule has 0 radical (unpaired) electrons. The molecule has 0 atom stereocenters. The highest BCUT2D eigenvalue weighted by molar-refractivity contribution is 6.33. The second kappa shape index (κ2) is 8.22. The Balaban J connectivity index is 2.06. The van der Waals surface area contributed by atoms with Crippen LogP contribution < -0.4 is 10.4 Å². The molecule has 0 amide bonds. The average molecular weight is 402 g/mol. The number of ether oxygens (including phenoxy) is 1. The number of rotatable bonds is 6. The Kier molecular flexibility index (Phi) is 5.75. The highest BCUT2D eigenvalue weighted by atomic mass is 35.5. The molecule has 0 saturated carbocycles. The first-order chi connectivity index (χ1) is 13.4. The maximum Gasteiger partial charge on any atom is 0.345 e. The minimum absolute atomic E-state index is 0.0361. The summed E-state index contributed by atoms with van der Waals surface area (Å²) in [4.78, 5) is 35.3. The Morgan fingerprint density at radius 3 is 2.68 bits per heavy atom. The maximum absolute atomic E-state index is 12.7. The number of non-ortho nitro benzene ring substituents is 1. The normalized spacial score (nSPS) is 10.8. The van der Waals surface area contributed by atoms with Gasteiger partial charge in [0.15, 0.2) is 5.75 Å². The topological polar surface area (TPSA) is 99.7 Å². The van der Waals surface area contributed by atoms with Crippen molar-refractivity contribution in [3.63, 3.8) is 0 Å². The third-order valence-electron chi connectivity index (χ3n) is 4.21. The number of carbonyl (C=O) groups is 1. The van der Waals surface area contributed by atoms with Gasteiger partial charge in [0.25, 0.3) is 5.69 Å². The van der Waals surface area contributed by atoms with E-state index in [1.807, 2.05) is 6.92 Å². The molecule has 0 saturated heterocycles. The Hall–Kier alpha value is -3.19. The van der Waals surface area contributed by atoms with Crippen molar-refractivity contribution in [1.82, 2.24) is 0 Å². The first kappa shape index (κ1) is 19.6. The zero-order valence-corrected chi connectivity index (χ0v) is 15.7. The van der Waals surface area contributed by atoms with E-state index in [-0.39, 0.29) is 27.6 Å². The smallest absolute Gasteiger partial charge is 0.345 e. The number of carbonyl (C=O) groups excluding carboxylic acids is 1. The summed E-state index contributed by atoms with van der Waals surface area (Å²) in [5.74, 6) is -0.687. The molecule has 0 N–H and O–H groups in total. The predicted molar refractivity (Wildman–Crippen MR) is 104 cm³/mol. The molecule has 1 aromatic heterocycles. The van der Waals surface area contributed by atoms with Gasteiger partial charge in [0.05, 0.1) is 26.5 Å². The van der Waals surface area contributed by atoms with E-state index in [0.717, 1.165) is 18.6 Å². The number of nitrogens with zero attached hydrogens (tertiary/aromatic N) is 1. The number of unbranched alkanes of at least 4 members (excludes halogenated alkanes) is 1. The molecule has 3 rings (SSSR count). The molecule has 0 bridgehead atoms. The fourth-order valence-electron chi connectivity index (χ4n) is 2.78. The summed E-state index contributed by atoms with van der Waals surface area (Å²) in [5.41, 5.74) is -0.274. The lowest BCUT2D eigenvalue weighted by Crippen LogP contribution is -2.16. The Morgan fingerprint density at radius 1 is 1.25 bits per heavy atom. The van der Waals surface area contributed by atoms with Crippen molar-refractivity contribution in [3.8, 4) is 5.75 Å². The van der Waals surface area contributed by atoms with Crippen LogP contribution in [-0.2, 0) is 6.42 Å². The molecular formula is C20H16ClNO6. The van der Waals surface area contributed by atoms with Gasteiger partial charge in [-0.25, -0.2) is 9.59 Å². The summed E-state index contributed by atoms with van der Waals surface area (Å²) >= 11 is 6.02. The Bertz CT molecular complexity index is 1120. The molecule has 1 heterocycles. The van der Waals surface area contributed by atoms with Crippen LogP contribution in [0, 0.1) is 10.1 Å². The van der Waals surface area contributed by atoms with Crippen LogP contribution in [0.4, 0.5) is 5.69 Å². The van der Waals surface area contributed by atoms with Crippen LogP contribution in [0.3, 0.4) is 0 Å². The summed E-state index contributed by atoms with van der Waals surface area (Å²) in [7, 11) is 0. The minimum Gasteiger partial charge on any atom is -0.422 e.